The molecule has 1 aromatic heterocycles. The zero-order valence-corrected chi connectivity index (χ0v) is 12.5. The van der Waals surface area contributed by atoms with Crippen molar-refractivity contribution in [1.82, 2.24) is 15.3 Å². The molecule has 0 aliphatic heterocycles. The molecule has 0 spiro atoms. The maximum atomic E-state index is 5.44. The van der Waals surface area contributed by atoms with Crippen LogP contribution in [0.5, 0.6) is 0 Å². The highest BCUT2D eigenvalue weighted by Crippen LogP contribution is 2.10. The van der Waals surface area contributed by atoms with Gasteiger partial charge < -0.3 is 14.8 Å². The number of aromatic nitrogens is 2. The molecule has 5 nitrogen and oxygen atoms in total. The van der Waals surface area contributed by atoms with Gasteiger partial charge in [-0.05, 0) is 20.4 Å². The maximum absolute atomic E-state index is 5.44. The molecule has 0 amide bonds. The highest BCUT2D eigenvalue weighted by Gasteiger charge is 2.07. The Hall–Kier alpha value is -1.04. The molecule has 0 aliphatic rings. The molecule has 1 rings (SSSR count). The molecule has 1 aromatic rings. The smallest absolute Gasteiger partial charge is 0.131 e. The lowest BCUT2D eigenvalue weighted by atomic mass is 10.1. The summed E-state index contributed by atoms with van der Waals surface area (Å²) in [4.78, 5) is 9.08. The first-order valence-corrected chi connectivity index (χ1v) is 6.79. The second-order valence-corrected chi connectivity index (χ2v) is 4.42. The van der Waals surface area contributed by atoms with E-state index in [9.17, 15) is 0 Å². The lowest BCUT2D eigenvalue weighted by Crippen LogP contribution is -2.16. The summed E-state index contributed by atoms with van der Waals surface area (Å²) >= 11 is 0. The van der Waals surface area contributed by atoms with E-state index in [1.807, 2.05) is 13.8 Å². The number of rotatable bonds is 9. The molecule has 0 saturated heterocycles. The molecule has 108 valence electrons. The van der Waals surface area contributed by atoms with Gasteiger partial charge in [-0.2, -0.15) is 0 Å². The minimum Gasteiger partial charge on any atom is -0.382 e. The van der Waals surface area contributed by atoms with Gasteiger partial charge in [-0.25, -0.2) is 9.97 Å². The van der Waals surface area contributed by atoms with E-state index in [1.165, 1.54) is 5.56 Å². The van der Waals surface area contributed by atoms with Crippen LogP contribution in [0.4, 0.5) is 0 Å². The summed E-state index contributed by atoms with van der Waals surface area (Å²) in [6.45, 7) is 9.83. The van der Waals surface area contributed by atoms with Crippen LogP contribution >= 0.6 is 0 Å². The second-order valence-electron chi connectivity index (χ2n) is 4.42. The van der Waals surface area contributed by atoms with Crippen LogP contribution in [0, 0.1) is 13.8 Å². The second kappa shape index (κ2) is 8.96. The summed E-state index contributed by atoms with van der Waals surface area (Å²) in [5.74, 6) is 0.854. The third-order valence-corrected chi connectivity index (χ3v) is 2.92. The van der Waals surface area contributed by atoms with Crippen LogP contribution in [0.15, 0.2) is 0 Å². The summed E-state index contributed by atoms with van der Waals surface area (Å²) < 4.78 is 10.4. The lowest BCUT2D eigenvalue weighted by Gasteiger charge is -2.11. The summed E-state index contributed by atoms with van der Waals surface area (Å²) in [5, 5.41) is 3.31. The largest absolute Gasteiger partial charge is 0.382 e. The topological polar surface area (TPSA) is 56.3 Å². The first-order chi connectivity index (χ1) is 9.19. The van der Waals surface area contributed by atoms with E-state index < -0.39 is 0 Å². The first kappa shape index (κ1) is 16.0. The molecule has 0 radical (unpaired) electrons. The van der Waals surface area contributed by atoms with Crippen molar-refractivity contribution in [2.45, 2.75) is 33.7 Å². The summed E-state index contributed by atoms with van der Waals surface area (Å²) in [7, 11) is 1.67. The van der Waals surface area contributed by atoms with Crippen molar-refractivity contribution in [3.05, 3.63) is 22.8 Å². The molecule has 0 aromatic carbocycles. The van der Waals surface area contributed by atoms with Crippen LogP contribution in [-0.2, 0) is 22.4 Å². The first-order valence-electron chi connectivity index (χ1n) is 6.79. The monoisotopic (exact) mass is 267 g/mol. The zero-order chi connectivity index (χ0) is 14.1. The summed E-state index contributed by atoms with van der Waals surface area (Å²) in [5.41, 5.74) is 3.31. The van der Waals surface area contributed by atoms with Crippen molar-refractivity contribution in [2.75, 3.05) is 33.5 Å². The number of nitrogens with zero attached hydrogens (tertiary/aromatic N) is 2. The minimum absolute atomic E-state index is 0.618. The number of methoxy groups -OCH3 is 1. The van der Waals surface area contributed by atoms with Gasteiger partial charge in [-0.15, -0.1) is 0 Å². The SMILES string of the molecule is CCNCc1c(C)nc(CCOCCOC)nc1C. The number of hydrogen-bond acceptors (Lipinski definition) is 5. The molecule has 19 heavy (non-hydrogen) atoms. The molecule has 0 aliphatic carbocycles. The van der Waals surface area contributed by atoms with Crippen molar-refractivity contribution in [3.63, 3.8) is 0 Å². The average molecular weight is 267 g/mol. The van der Waals surface area contributed by atoms with Gasteiger partial charge in [0.15, 0.2) is 0 Å². The summed E-state index contributed by atoms with van der Waals surface area (Å²) in [6.07, 6.45) is 0.743. The van der Waals surface area contributed by atoms with E-state index in [1.54, 1.807) is 7.11 Å². The Morgan fingerprint density at radius 1 is 1.05 bits per heavy atom. The molecule has 0 unspecified atom stereocenters. The normalized spacial score (nSPS) is 10.9. The lowest BCUT2D eigenvalue weighted by molar-refractivity contribution is 0.0716. The molecule has 5 heteroatoms. The number of hydrogen-bond donors (Lipinski definition) is 1. The van der Waals surface area contributed by atoms with Crippen molar-refractivity contribution in [3.8, 4) is 0 Å². The van der Waals surface area contributed by atoms with Gasteiger partial charge in [0.25, 0.3) is 0 Å². The Bertz CT molecular complexity index is 360. The third-order valence-electron chi connectivity index (χ3n) is 2.92. The van der Waals surface area contributed by atoms with E-state index >= 15 is 0 Å². The quantitative estimate of drug-likeness (QED) is 0.686. The van der Waals surface area contributed by atoms with Gasteiger partial charge in [0, 0.05) is 37.0 Å². The number of ether oxygens (including phenoxy) is 2. The minimum atomic E-state index is 0.618. The van der Waals surface area contributed by atoms with Gasteiger partial charge in [0.1, 0.15) is 5.82 Å². The van der Waals surface area contributed by atoms with Crippen LogP contribution in [0.3, 0.4) is 0 Å². The molecule has 0 atom stereocenters. The van der Waals surface area contributed by atoms with E-state index in [0.717, 1.165) is 36.7 Å². The Morgan fingerprint density at radius 3 is 2.32 bits per heavy atom. The van der Waals surface area contributed by atoms with E-state index in [-0.39, 0.29) is 0 Å². The fraction of sp³-hybridized carbons (Fsp3) is 0.714. The van der Waals surface area contributed by atoms with E-state index in [2.05, 4.69) is 22.2 Å². The predicted octanol–water partition coefficient (Wildman–Crippen LogP) is 1.41. The molecular weight excluding hydrogens is 242 g/mol. The standard InChI is InChI=1S/C14H25N3O2/c1-5-15-10-13-11(2)16-14(17-12(13)3)6-7-19-9-8-18-4/h15H,5-10H2,1-4H3. The third kappa shape index (κ3) is 5.63. The van der Waals surface area contributed by atoms with Crippen molar-refractivity contribution < 1.29 is 9.47 Å². The summed E-state index contributed by atoms with van der Waals surface area (Å²) in [6, 6.07) is 0. The van der Waals surface area contributed by atoms with Crippen LogP contribution < -0.4 is 5.32 Å². The van der Waals surface area contributed by atoms with Crippen LogP contribution in [-0.4, -0.2) is 43.4 Å². The average Bonchev–Trinajstić information content (AvgIpc) is 2.38. The Labute approximate surface area is 115 Å². The number of aryl methyl sites for hydroxylation is 2. The van der Waals surface area contributed by atoms with E-state index in [4.69, 9.17) is 9.47 Å². The van der Waals surface area contributed by atoms with E-state index in [0.29, 0.717) is 19.8 Å². The maximum Gasteiger partial charge on any atom is 0.131 e. The molecule has 1 heterocycles. The Morgan fingerprint density at radius 2 is 1.74 bits per heavy atom. The fourth-order valence-corrected chi connectivity index (χ4v) is 1.83. The Balaban J connectivity index is 2.52. The highest BCUT2D eigenvalue weighted by molar-refractivity contribution is 5.24. The van der Waals surface area contributed by atoms with Crippen LogP contribution in [0.2, 0.25) is 0 Å². The Kier molecular flexibility index (Phi) is 7.55. The van der Waals surface area contributed by atoms with Crippen molar-refractivity contribution >= 4 is 0 Å². The van der Waals surface area contributed by atoms with Crippen LogP contribution in [0.1, 0.15) is 29.7 Å². The molecule has 1 N–H and O–H groups in total. The van der Waals surface area contributed by atoms with Gasteiger partial charge >= 0.3 is 0 Å². The van der Waals surface area contributed by atoms with Gasteiger partial charge in [0.2, 0.25) is 0 Å². The van der Waals surface area contributed by atoms with Gasteiger partial charge in [-0.3, -0.25) is 0 Å². The van der Waals surface area contributed by atoms with Gasteiger partial charge in [-0.1, -0.05) is 6.92 Å². The highest BCUT2D eigenvalue weighted by atomic mass is 16.5. The number of nitrogens with one attached hydrogen (secondary N) is 1. The molecule has 0 fully saturated rings. The molecule has 0 saturated carbocycles. The fourth-order valence-electron chi connectivity index (χ4n) is 1.83. The van der Waals surface area contributed by atoms with Crippen molar-refractivity contribution in [1.29, 1.82) is 0 Å². The zero-order valence-electron chi connectivity index (χ0n) is 12.5. The predicted molar refractivity (Wildman–Crippen MR) is 75.3 cm³/mol. The molecular formula is C14H25N3O2. The van der Waals surface area contributed by atoms with Crippen molar-refractivity contribution in [2.24, 2.45) is 0 Å². The molecule has 0 bridgehead atoms. The van der Waals surface area contributed by atoms with Crippen LogP contribution in [0.25, 0.3) is 0 Å². The van der Waals surface area contributed by atoms with Gasteiger partial charge in [0.05, 0.1) is 19.8 Å².